The van der Waals surface area contributed by atoms with E-state index in [1.807, 2.05) is 0 Å². The highest BCUT2D eigenvalue weighted by molar-refractivity contribution is 5.23. The van der Waals surface area contributed by atoms with Crippen molar-refractivity contribution in [2.75, 3.05) is 19.6 Å². The molecule has 1 radical (unpaired) electrons. The maximum absolute atomic E-state index is 2.62. The summed E-state index contributed by atoms with van der Waals surface area (Å²) in [6, 6.07) is 10.9. The van der Waals surface area contributed by atoms with E-state index < -0.39 is 0 Å². The Morgan fingerprint density at radius 1 is 1.06 bits per heavy atom. The third-order valence-electron chi connectivity index (χ3n) is 3.85. The molecule has 1 saturated heterocycles. The van der Waals surface area contributed by atoms with Crippen LogP contribution in [0.3, 0.4) is 0 Å². The van der Waals surface area contributed by atoms with Crippen LogP contribution in [0.15, 0.2) is 30.3 Å². The number of hydrogen-bond acceptors (Lipinski definition) is 1. The molecule has 1 heteroatoms. The summed E-state index contributed by atoms with van der Waals surface area (Å²) in [6.45, 7) is 3.82. The van der Waals surface area contributed by atoms with Crippen LogP contribution >= 0.6 is 0 Å². The van der Waals surface area contributed by atoms with Crippen molar-refractivity contribution in [3.05, 3.63) is 42.3 Å². The maximum atomic E-state index is 2.62. The fourth-order valence-corrected chi connectivity index (χ4v) is 2.64. The Kier molecular flexibility index (Phi) is 2.96. The third kappa shape index (κ3) is 2.46. The van der Waals surface area contributed by atoms with Crippen molar-refractivity contribution >= 4 is 0 Å². The fourth-order valence-electron chi connectivity index (χ4n) is 2.64. The van der Waals surface area contributed by atoms with Crippen molar-refractivity contribution in [1.82, 2.24) is 4.90 Å². The monoisotopic (exact) mass is 214 g/mol. The van der Waals surface area contributed by atoms with E-state index in [0.29, 0.717) is 5.92 Å². The molecule has 1 saturated carbocycles. The molecule has 2 fully saturated rings. The van der Waals surface area contributed by atoms with Gasteiger partial charge in [-0.1, -0.05) is 30.3 Å². The molecule has 1 aromatic carbocycles. The first-order valence-electron chi connectivity index (χ1n) is 6.52. The molecule has 1 heterocycles. The predicted molar refractivity (Wildman–Crippen MR) is 67.3 cm³/mol. The van der Waals surface area contributed by atoms with Gasteiger partial charge in [-0.05, 0) is 49.6 Å². The van der Waals surface area contributed by atoms with Gasteiger partial charge in [-0.2, -0.15) is 0 Å². The lowest BCUT2D eigenvalue weighted by Gasteiger charge is -2.31. The molecule has 0 bridgehead atoms. The minimum atomic E-state index is 0.691. The number of likely N-dealkylation sites (tertiary alicyclic amines) is 1. The standard InChI is InChI=1S/C15H20N/c1-2-4-14(5-3-1)15-8-10-16(11-9-15)12-13-6-7-13/h1-5,8,13,15H,6-7,9-12H2. The fraction of sp³-hybridized carbons (Fsp3) is 0.533. The van der Waals surface area contributed by atoms with Crippen LogP contribution in [0.2, 0.25) is 0 Å². The van der Waals surface area contributed by atoms with Gasteiger partial charge in [-0.15, -0.1) is 0 Å². The van der Waals surface area contributed by atoms with Gasteiger partial charge in [0.15, 0.2) is 0 Å². The van der Waals surface area contributed by atoms with Crippen LogP contribution in [0, 0.1) is 12.3 Å². The molecule has 0 N–H and O–H groups in total. The second-order valence-corrected chi connectivity index (χ2v) is 5.24. The van der Waals surface area contributed by atoms with Crippen molar-refractivity contribution < 1.29 is 0 Å². The van der Waals surface area contributed by atoms with E-state index >= 15 is 0 Å². The van der Waals surface area contributed by atoms with Gasteiger partial charge in [0.2, 0.25) is 0 Å². The molecule has 0 aromatic heterocycles. The first kappa shape index (κ1) is 10.3. The van der Waals surface area contributed by atoms with Crippen LogP contribution in [0.1, 0.15) is 30.7 Å². The largest absolute Gasteiger partial charge is 0.303 e. The molecular weight excluding hydrogens is 194 g/mol. The summed E-state index contributed by atoms with van der Waals surface area (Å²) in [4.78, 5) is 2.62. The van der Waals surface area contributed by atoms with Crippen molar-refractivity contribution in [3.8, 4) is 0 Å². The molecule has 0 amide bonds. The zero-order valence-corrected chi connectivity index (χ0v) is 9.81. The zero-order chi connectivity index (χ0) is 10.8. The maximum Gasteiger partial charge on any atom is 0.00190 e. The van der Waals surface area contributed by atoms with Gasteiger partial charge < -0.3 is 4.90 Å². The summed E-state index contributed by atoms with van der Waals surface area (Å²) in [5.74, 6) is 1.72. The van der Waals surface area contributed by atoms with E-state index in [1.54, 1.807) is 0 Å². The molecule has 0 spiro atoms. The Morgan fingerprint density at radius 2 is 1.88 bits per heavy atom. The molecule has 1 aliphatic heterocycles. The van der Waals surface area contributed by atoms with Crippen molar-refractivity contribution in [1.29, 1.82) is 0 Å². The Morgan fingerprint density at radius 3 is 2.50 bits per heavy atom. The molecular formula is C15H20N. The first-order chi connectivity index (χ1) is 7.92. The smallest absolute Gasteiger partial charge is 0.00190 e. The zero-order valence-electron chi connectivity index (χ0n) is 9.81. The van der Waals surface area contributed by atoms with Gasteiger partial charge in [0.1, 0.15) is 0 Å². The summed E-state index contributed by atoms with van der Waals surface area (Å²) < 4.78 is 0. The SMILES string of the molecule is [CH]1CN(CC2CC2)CCC1c1ccccc1. The predicted octanol–water partition coefficient (Wildman–Crippen LogP) is 3.09. The van der Waals surface area contributed by atoms with E-state index in [2.05, 4.69) is 41.7 Å². The lowest BCUT2D eigenvalue weighted by Crippen LogP contribution is -2.34. The Balaban J connectivity index is 1.53. The molecule has 1 aromatic rings. The van der Waals surface area contributed by atoms with E-state index in [1.165, 1.54) is 44.5 Å². The Hall–Kier alpha value is -0.820. The highest BCUT2D eigenvalue weighted by Crippen LogP contribution is 2.32. The second-order valence-electron chi connectivity index (χ2n) is 5.24. The normalized spacial score (nSPS) is 23.5. The lowest BCUT2D eigenvalue weighted by atomic mass is 9.89. The Bertz CT molecular complexity index is 321. The van der Waals surface area contributed by atoms with E-state index in [0.717, 1.165) is 5.92 Å². The van der Waals surface area contributed by atoms with Crippen LogP contribution in [-0.2, 0) is 0 Å². The quantitative estimate of drug-likeness (QED) is 0.747. The summed E-state index contributed by atoms with van der Waals surface area (Å²) in [5, 5.41) is 0. The van der Waals surface area contributed by atoms with Crippen molar-refractivity contribution in [3.63, 3.8) is 0 Å². The molecule has 1 atom stereocenters. The second kappa shape index (κ2) is 4.58. The topological polar surface area (TPSA) is 3.24 Å². The van der Waals surface area contributed by atoms with Gasteiger partial charge in [0.25, 0.3) is 0 Å². The minimum Gasteiger partial charge on any atom is -0.303 e. The van der Waals surface area contributed by atoms with E-state index in [4.69, 9.17) is 0 Å². The molecule has 1 nitrogen and oxygen atoms in total. The van der Waals surface area contributed by atoms with Crippen LogP contribution in [0.5, 0.6) is 0 Å². The lowest BCUT2D eigenvalue weighted by molar-refractivity contribution is 0.241. The average molecular weight is 214 g/mol. The number of hydrogen-bond donors (Lipinski definition) is 0. The van der Waals surface area contributed by atoms with Crippen LogP contribution < -0.4 is 0 Å². The highest BCUT2D eigenvalue weighted by Gasteiger charge is 2.27. The number of piperidine rings is 1. The van der Waals surface area contributed by atoms with Gasteiger partial charge >= 0.3 is 0 Å². The summed E-state index contributed by atoms with van der Waals surface area (Å²) in [5.41, 5.74) is 1.49. The number of nitrogens with zero attached hydrogens (tertiary/aromatic N) is 1. The summed E-state index contributed by atoms with van der Waals surface area (Å²) in [6.07, 6.45) is 6.75. The molecule has 1 unspecified atom stereocenters. The van der Waals surface area contributed by atoms with Gasteiger partial charge in [-0.3, -0.25) is 0 Å². The Labute approximate surface area is 98.5 Å². The highest BCUT2D eigenvalue weighted by atomic mass is 15.1. The van der Waals surface area contributed by atoms with Crippen LogP contribution in [0.25, 0.3) is 0 Å². The number of benzene rings is 1. The average Bonchev–Trinajstić information content (AvgIpc) is 3.15. The van der Waals surface area contributed by atoms with Gasteiger partial charge in [0, 0.05) is 13.1 Å². The third-order valence-corrected chi connectivity index (χ3v) is 3.85. The van der Waals surface area contributed by atoms with Crippen LogP contribution in [-0.4, -0.2) is 24.5 Å². The molecule has 3 rings (SSSR count). The van der Waals surface area contributed by atoms with E-state index in [9.17, 15) is 0 Å². The van der Waals surface area contributed by atoms with Crippen molar-refractivity contribution in [2.45, 2.75) is 25.2 Å². The van der Waals surface area contributed by atoms with Crippen LogP contribution in [0.4, 0.5) is 0 Å². The number of rotatable bonds is 3. The van der Waals surface area contributed by atoms with Gasteiger partial charge in [0.05, 0.1) is 0 Å². The molecule has 1 aliphatic carbocycles. The summed E-state index contributed by atoms with van der Waals surface area (Å²) >= 11 is 0. The van der Waals surface area contributed by atoms with Crippen molar-refractivity contribution in [2.24, 2.45) is 5.92 Å². The molecule has 2 aliphatic rings. The summed E-state index contributed by atoms with van der Waals surface area (Å²) in [7, 11) is 0. The molecule has 16 heavy (non-hydrogen) atoms. The first-order valence-corrected chi connectivity index (χ1v) is 6.52. The minimum absolute atomic E-state index is 0.691. The molecule has 85 valence electrons. The van der Waals surface area contributed by atoms with E-state index in [-0.39, 0.29) is 0 Å². The van der Waals surface area contributed by atoms with Gasteiger partial charge in [-0.25, -0.2) is 0 Å².